The molecule has 0 bridgehead atoms. The molecule has 0 aromatic heterocycles. The first kappa shape index (κ1) is 15.7. The topological polar surface area (TPSA) is 45.1 Å². The van der Waals surface area contributed by atoms with Crippen molar-refractivity contribution < 1.29 is 9.53 Å². The summed E-state index contributed by atoms with van der Waals surface area (Å²) in [4.78, 5) is 19.6. The zero-order chi connectivity index (χ0) is 13.4. The minimum absolute atomic E-state index is 0.0369. The highest BCUT2D eigenvalue weighted by molar-refractivity contribution is 5.79. The number of carbonyl (C=O) groups is 1. The van der Waals surface area contributed by atoms with E-state index in [1.807, 2.05) is 51.8 Å². The molecule has 0 spiro atoms. The van der Waals surface area contributed by atoms with Crippen LogP contribution in [0.3, 0.4) is 0 Å². The van der Waals surface area contributed by atoms with Gasteiger partial charge in [-0.05, 0) is 20.3 Å². The van der Waals surface area contributed by atoms with Crippen molar-refractivity contribution in [2.24, 2.45) is 4.99 Å². The zero-order valence-corrected chi connectivity index (χ0v) is 11.9. The molecule has 0 N–H and O–H groups in total. The predicted octanol–water partition coefficient (Wildman–Crippen LogP) is 1.20. The van der Waals surface area contributed by atoms with E-state index in [4.69, 9.17) is 4.74 Å². The summed E-state index contributed by atoms with van der Waals surface area (Å²) in [6, 6.07) is 0. The van der Waals surface area contributed by atoms with Crippen LogP contribution in [0.15, 0.2) is 4.99 Å². The molecule has 0 aromatic carbocycles. The highest BCUT2D eigenvalue weighted by Gasteiger charge is 2.06. The van der Waals surface area contributed by atoms with Crippen LogP contribution in [0.5, 0.6) is 0 Å². The smallest absolute Gasteiger partial charge is 0.306 e. The lowest BCUT2D eigenvalue weighted by Gasteiger charge is -2.22. The molecule has 0 aliphatic carbocycles. The van der Waals surface area contributed by atoms with Gasteiger partial charge >= 0.3 is 5.97 Å². The zero-order valence-electron chi connectivity index (χ0n) is 11.9. The molecular formula is C12H25N3O2. The quantitative estimate of drug-likeness (QED) is 0.315. The van der Waals surface area contributed by atoms with Crippen molar-refractivity contribution in [3.8, 4) is 0 Å². The second-order valence-electron chi connectivity index (χ2n) is 4.61. The monoisotopic (exact) mass is 243 g/mol. The predicted molar refractivity (Wildman–Crippen MR) is 70.1 cm³/mol. The first-order chi connectivity index (χ1) is 7.84. The maximum atomic E-state index is 11.3. The van der Waals surface area contributed by atoms with Gasteiger partial charge in [-0.3, -0.25) is 9.79 Å². The highest BCUT2D eigenvalue weighted by atomic mass is 16.5. The van der Waals surface area contributed by atoms with Gasteiger partial charge in [0.25, 0.3) is 0 Å². The first-order valence-electron chi connectivity index (χ1n) is 5.93. The Morgan fingerprint density at radius 3 is 2.12 bits per heavy atom. The van der Waals surface area contributed by atoms with Gasteiger partial charge in [-0.2, -0.15) is 0 Å². The van der Waals surface area contributed by atoms with Crippen molar-refractivity contribution >= 4 is 11.9 Å². The number of carbonyl (C=O) groups excluding carboxylic acids is 1. The fourth-order valence-electron chi connectivity index (χ4n) is 1.41. The summed E-state index contributed by atoms with van der Waals surface area (Å²) in [6.45, 7) is 4.34. The SMILES string of the molecule is CC(C)OC(=O)CCCN=C(N(C)C)N(C)C. The summed E-state index contributed by atoms with van der Waals surface area (Å²) in [5.74, 6) is 0.758. The van der Waals surface area contributed by atoms with E-state index in [0.717, 1.165) is 12.4 Å². The normalized spacial score (nSPS) is 10.1. The summed E-state index contributed by atoms with van der Waals surface area (Å²) in [7, 11) is 7.80. The van der Waals surface area contributed by atoms with Gasteiger partial charge < -0.3 is 14.5 Å². The van der Waals surface area contributed by atoms with Crippen LogP contribution in [0.4, 0.5) is 0 Å². The van der Waals surface area contributed by atoms with Gasteiger partial charge in [0.1, 0.15) is 0 Å². The molecule has 17 heavy (non-hydrogen) atoms. The van der Waals surface area contributed by atoms with E-state index in [-0.39, 0.29) is 12.1 Å². The molecule has 0 amide bonds. The summed E-state index contributed by atoms with van der Waals surface area (Å²) in [6.07, 6.45) is 1.11. The van der Waals surface area contributed by atoms with E-state index in [1.54, 1.807) is 0 Å². The van der Waals surface area contributed by atoms with Gasteiger partial charge in [0.15, 0.2) is 5.96 Å². The Bertz CT molecular complexity index is 250. The van der Waals surface area contributed by atoms with E-state index in [9.17, 15) is 4.79 Å². The van der Waals surface area contributed by atoms with Gasteiger partial charge in [0.05, 0.1) is 6.10 Å². The Morgan fingerprint density at radius 2 is 1.71 bits per heavy atom. The van der Waals surface area contributed by atoms with Crippen LogP contribution in [0.25, 0.3) is 0 Å². The fraction of sp³-hybridized carbons (Fsp3) is 0.833. The van der Waals surface area contributed by atoms with Crippen LogP contribution in [0.2, 0.25) is 0 Å². The second kappa shape index (κ2) is 7.92. The van der Waals surface area contributed by atoms with Crippen molar-refractivity contribution in [2.75, 3.05) is 34.7 Å². The van der Waals surface area contributed by atoms with Crippen molar-refractivity contribution in [3.05, 3.63) is 0 Å². The van der Waals surface area contributed by atoms with E-state index >= 15 is 0 Å². The average Bonchev–Trinajstić information content (AvgIpc) is 2.14. The standard InChI is InChI=1S/C12H25N3O2/c1-10(2)17-11(16)8-7-9-13-12(14(3)4)15(5)6/h10H,7-9H2,1-6H3. The molecule has 0 saturated heterocycles. The van der Waals surface area contributed by atoms with Crippen molar-refractivity contribution in [1.29, 1.82) is 0 Å². The van der Waals surface area contributed by atoms with Crippen LogP contribution < -0.4 is 0 Å². The number of hydrogen-bond donors (Lipinski definition) is 0. The van der Waals surface area contributed by atoms with Crippen molar-refractivity contribution in [3.63, 3.8) is 0 Å². The molecule has 0 aliphatic rings. The van der Waals surface area contributed by atoms with Gasteiger partial charge in [-0.1, -0.05) is 0 Å². The molecule has 0 fully saturated rings. The Hall–Kier alpha value is -1.26. The molecule has 5 heteroatoms. The number of rotatable bonds is 5. The van der Waals surface area contributed by atoms with Gasteiger partial charge in [0, 0.05) is 41.2 Å². The summed E-state index contributed by atoms with van der Waals surface area (Å²) < 4.78 is 5.04. The molecule has 0 aromatic rings. The molecule has 100 valence electrons. The third-order valence-corrected chi connectivity index (χ3v) is 1.96. The highest BCUT2D eigenvalue weighted by Crippen LogP contribution is 1.98. The number of nitrogens with zero attached hydrogens (tertiary/aromatic N) is 3. The van der Waals surface area contributed by atoms with Crippen LogP contribution in [0.1, 0.15) is 26.7 Å². The van der Waals surface area contributed by atoms with E-state index in [0.29, 0.717) is 13.0 Å². The summed E-state index contributed by atoms with van der Waals surface area (Å²) >= 11 is 0. The van der Waals surface area contributed by atoms with Crippen LogP contribution in [-0.4, -0.2) is 62.6 Å². The lowest BCUT2D eigenvalue weighted by molar-refractivity contribution is -0.147. The van der Waals surface area contributed by atoms with Crippen LogP contribution in [0, 0.1) is 0 Å². The minimum atomic E-state index is -0.147. The molecular weight excluding hydrogens is 218 g/mol. The number of esters is 1. The maximum Gasteiger partial charge on any atom is 0.306 e. The average molecular weight is 243 g/mol. The third kappa shape index (κ3) is 7.60. The maximum absolute atomic E-state index is 11.3. The first-order valence-corrected chi connectivity index (χ1v) is 5.93. The van der Waals surface area contributed by atoms with E-state index in [1.165, 1.54) is 0 Å². The van der Waals surface area contributed by atoms with Gasteiger partial charge in [-0.25, -0.2) is 0 Å². The lowest BCUT2D eigenvalue weighted by atomic mass is 10.3. The van der Waals surface area contributed by atoms with Gasteiger partial charge in [-0.15, -0.1) is 0 Å². The van der Waals surface area contributed by atoms with Crippen LogP contribution in [-0.2, 0) is 9.53 Å². The molecule has 0 atom stereocenters. The number of ether oxygens (including phenoxy) is 1. The summed E-state index contributed by atoms with van der Waals surface area (Å²) in [5, 5.41) is 0. The molecule has 0 unspecified atom stereocenters. The Labute approximate surface area is 104 Å². The molecule has 0 heterocycles. The van der Waals surface area contributed by atoms with E-state index in [2.05, 4.69) is 4.99 Å². The van der Waals surface area contributed by atoms with Crippen molar-refractivity contribution in [2.45, 2.75) is 32.8 Å². The molecule has 0 rings (SSSR count). The largest absolute Gasteiger partial charge is 0.463 e. The number of hydrogen-bond acceptors (Lipinski definition) is 3. The fourth-order valence-corrected chi connectivity index (χ4v) is 1.41. The summed E-state index contributed by atoms with van der Waals surface area (Å²) in [5.41, 5.74) is 0. The van der Waals surface area contributed by atoms with E-state index < -0.39 is 0 Å². The number of aliphatic imine (C=N–C) groups is 1. The Morgan fingerprint density at radius 1 is 1.18 bits per heavy atom. The number of guanidine groups is 1. The molecule has 0 aliphatic heterocycles. The lowest BCUT2D eigenvalue weighted by Crippen LogP contribution is -2.35. The third-order valence-electron chi connectivity index (χ3n) is 1.96. The van der Waals surface area contributed by atoms with Gasteiger partial charge in [0.2, 0.25) is 0 Å². The second-order valence-corrected chi connectivity index (χ2v) is 4.61. The molecule has 0 saturated carbocycles. The molecule has 5 nitrogen and oxygen atoms in total. The Kier molecular flexibility index (Phi) is 7.34. The van der Waals surface area contributed by atoms with Crippen LogP contribution >= 0.6 is 0 Å². The molecule has 0 radical (unpaired) electrons. The Balaban J connectivity index is 3.96. The van der Waals surface area contributed by atoms with Crippen molar-refractivity contribution in [1.82, 2.24) is 9.80 Å². The minimum Gasteiger partial charge on any atom is -0.463 e.